The second-order valence-corrected chi connectivity index (χ2v) is 6.61. The summed E-state index contributed by atoms with van der Waals surface area (Å²) in [6.07, 6.45) is 3.23. The van der Waals surface area contributed by atoms with Crippen molar-refractivity contribution in [2.75, 3.05) is 19.6 Å². The summed E-state index contributed by atoms with van der Waals surface area (Å²) in [7, 11) is 0. The number of piperidine rings is 1. The topological polar surface area (TPSA) is 23.5 Å². The molecular weight excluding hydrogens is 234 g/mol. The smallest absolute Gasteiger partial charge is 0.0916 e. The highest BCUT2D eigenvalue weighted by molar-refractivity contribution is 5.24. The van der Waals surface area contributed by atoms with Gasteiger partial charge in [-0.05, 0) is 42.3 Å². The van der Waals surface area contributed by atoms with Gasteiger partial charge in [0.05, 0.1) is 6.10 Å². The second kappa shape index (κ2) is 6.06. The van der Waals surface area contributed by atoms with Gasteiger partial charge in [0.1, 0.15) is 0 Å². The third-order valence-corrected chi connectivity index (χ3v) is 4.18. The molecule has 1 aliphatic rings. The predicted octanol–water partition coefficient (Wildman–Crippen LogP) is 3.40. The maximum absolute atomic E-state index is 10.4. The number of rotatable bonds is 4. The molecule has 0 bridgehead atoms. The first-order valence-electron chi connectivity index (χ1n) is 7.49. The molecule has 0 spiro atoms. The van der Waals surface area contributed by atoms with Crippen LogP contribution in [0.1, 0.15) is 50.8 Å². The Morgan fingerprint density at radius 1 is 1.26 bits per heavy atom. The van der Waals surface area contributed by atoms with Gasteiger partial charge in [-0.2, -0.15) is 0 Å². The molecule has 1 saturated heterocycles. The molecule has 1 heterocycles. The Kier molecular flexibility index (Phi) is 4.64. The Labute approximate surface area is 117 Å². The van der Waals surface area contributed by atoms with Crippen molar-refractivity contribution in [3.63, 3.8) is 0 Å². The third-order valence-electron chi connectivity index (χ3n) is 4.18. The first-order chi connectivity index (χ1) is 9.00. The van der Waals surface area contributed by atoms with Gasteiger partial charge in [-0.1, -0.05) is 45.0 Å². The van der Waals surface area contributed by atoms with Gasteiger partial charge in [-0.3, -0.25) is 4.90 Å². The van der Waals surface area contributed by atoms with Crippen molar-refractivity contribution in [2.24, 2.45) is 5.41 Å². The van der Waals surface area contributed by atoms with Gasteiger partial charge < -0.3 is 5.11 Å². The molecule has 106 valence electrons. The van der Waals surface area contributed by atoms with E-state index in [9.17, 15) is 5.11 Å². The summed E-state index contributed by atoms with van der Waals surface area (Å²) in [5, 5.41) is 10.4. The summed E-state index contributed by atoms with van der Waals surface area (Å²) < 4.78 is 0. The average molecular weight is 261 g/mol. The van der Waals surface area contributed by atoms with Crippen LogP contribution in [0.15, 0.2) is 24.3 Å². The molecule has 2 nitrogen and oxygen atoms in total. The molecule has 0 amide bonds. The Balaban J connectivity index is 1.94. The number of aliphatic hydroxyl groups is 1. The zero-order valence-corrected chi connectivity index (χ0v) is 12.5. The van der Waals surface area contributed by atoms with Crippen LogP contribution < -0.4 is 0 Å². The van der Waals surface area contributed by atoms with Gasteiger partial charge in [-0.15, -0.1) is 0 Å². The second-order valence-electron chi connectivity index (χ2n) is 6.61. The molecule has 1 aromatic rings. The summed E-state index contributed by atoms with van der Waals surface area (Å²) in [5.41, 5.74) is 2.76. The van der Waals surface area contributed by atoms with Crippen molar-refractivity contribution >= 4 is 0 Å². The van der Waals surface area contributed by atoms with Gasteiger partial charge in [0.25, 0.3) is 0 Å². The fourth-order valence-electron chi connectivity index (χ4n) is 3.03. The molecule has 2 heteroatoms. The number of β-amino-alcohol motifs (C(OH)–C–C–N with tert-alkyl or cyclic N) is 1. The Morgan fingerprint density at radius 3 is 2.53 bits per heavy atom. The van der Waals surface area contributed by atoms with E-state index in [4.69, 9.17) is 0 Å². The fraction of sp³-hybridized carbons (Fsp3) is 0.647. The van der Waals surface area contributed by atoms with Crippen LogP contribution in [0, 0.1) is 5.41 Å². The molecule has 0 radical (unpaired) electrons. The number of aryl methyl sites for hydroxylation is 1. The molecule has 0 aromatic heterocycles. The Morgan fingerprint density at radius 2 is 1.95 bits per heavy atom. The third kappa shape index (κ3) is 4.05. The molecular formula is C17H27NO. The molecule has 2 rings (SSSR count). The SMILES string of the molecule is CCc1ccc(C(O)CN2CCCC(C)(C)C2)cc1. The van der Waals surface area contributed by atoms with Crippen LogP contribution >= 0.6 is 0 Å². The monoisotopic (exact) mass is 261 g/mol. The standard InChI is InChI=1S/C17H27NO/c1-4-14-6-8-15(9-7-14)16(19)12-18-11-5-10-17(2,3)13-18/h6-9,16,19H,4-5,10-13H2,1-3H3. The molecule has 1 N–H and O–H groups in total. The number of hydrogen-bond acceptors (Lipinski definition) is 2. The number of hydrogen-bond donors (Lipinski definition) is 1. The minimum Gasteiger partial charge on any atom is -0.387 e. The van der Waals surface area contributed by atoms with Crippen molar-refractivity contribution in [1.82, 2.24) is 4.90 Å². The minimum absolute atomic E-state index is 0.361. The van der Waals surface area contributed by atoms with Crippen molar-refractivity contribution in [3.05, 3.63) is 35.4 Å². The Hall–Kier alpha value is -0.860. The largest absolute Gasteiger partial charge is 0.387 e. The highest BCUT2D eigenvalue weighted by atomic mass is 16.3. The number of benzene rings is 1. The molecule has 19 heavy (non-hydrogen) atoms. The highest BCUT2D eigenvalue weighted by Gasteiger charge is 2.27. The normalized spacial score (nSPS) is 21.3. The van der Waals surface area contributed by atoms with E-state index in [1.165, 1.54) is 18.4 Å². The lowest BCUT2D eigenvalue weighted by Gasteiger charge is -2.38. The molecule has 0 aliphatic carbocycles. The maximum Gasteiger partial charge on any atom is 0.0916 e. The first-order valence-corrected chi connectivity index (χ1v) is 7.49. The summed E-state index contributed by atoms with van der Waals surface area (Å²) in [6, 6.07) is 8.38. The first kappa shape index (κ1) is 14.5. The van der Waals surface area contributed by atoms with E-state index in [1.54, 1.807) is 0 Å². The van der Waals surface area contributed by atoms with E-state index in [2.05, 4.69) is 49.9 Å². The van der Waals surface area contributed by atoms with Crippen LogP contribution in [0.5, 0.6) is 0 Å². The molecule has 1 unspecified atom stereocenters. The van der Waals surface area contributed by atoms with Crippen LogP contribution in [-0.2, 0) is 6.42 Å². The average Bonchev–Trinajstić information content (AvgIpc) is 2.37. The van der Waals surface area contributed by atoms with Crippen molar-refractivity contribution in [2.45, 2.75) is 46.1 Å². The molecule has 1 aliphatic heterocycles. The van der Waals surface area contributed by atoms with Crippen LogP contribution in [0.25, 0.3) is 0 Å². The number of likely N-dealkylation sites (tertiary alicyclic amines) is 1. The van der Waals surface area contributed by atoms with E-state index in [0.29, 0.717) is 5.41 Å². The molecule has 1 aromatic carbocycles. The highest BCUT2D eigenvalue weighted by Crippen LogP contribution is 2.29. The number of aliphatic hydroxyl groups excluding tert-OH is 1. The predicted molar refractivity (Wildman–Crippen MR) is 80.2 cm³/mol. The maximum atomic E-state index is 10.4. The lowest BCUT2D eigenvalue weighted by Crippen LogP contribution is -2.41. The molecule has 1 atom stereocenters. The minimum atomic E-state index is -0.361. The summed E-state index contributed by atoms with van der Waals surface area (Å²) >= 11 is 0. The summed E-state index contributed by atoms with van der Waals surface area (Å²) in [5.74, 6) is 0. The zero-order valence-electron chi connectivity index (χ0n) is 12.5. The number of nitrogens with zero attached hydrogens (tertiary/aromatic N) is 1. The van der Waals surface area contributed by atoms with Crippen LogP contribution in [-0.4, -0.2) is 29.6 Å². The van der Waals surface area contributed by atoms with E-state index in [0.717, 1.165) is 31.6 Å². The lowest BCUT2D eigenvalue weighted by molar-refractivity contribution is 0.0598. The molecule has 0 saturated carbocycles. The zero-order chi connectivity index (χ0) is 13.9. The summed E-state index contributed by atoms with van der Waals surface area (Å²) in [4.78, 5) is 2.40. The van der Waals surface area contributed by atoms with Gasteiger partial charge in [0.15, 0.2) is 0 Å². The lowest BCUT2D eigenvalue weighted by atomic mass is 9.84. The van der Waals surface area contributed by atoms with E-state index >= 15 is 0 Å². The van der Waals surface area contributed by atoms with Gasteiger partial charge in [0.2, 0.25) is 0 Å². The van der Waals surface area contributed by atoms with Gasteiger partial charge in [-0.25, -0.2) is 0 Å². The quantitative estimate of drug-likeness (QED) is 0.898. The van der Waals surface area contributed by atoms with E-state index < -0.39 is 0 Å². The van der Waals surface area contributed by atoms with Crippen LogP contribution in [0.3, 0.4) is 0 Å². The van der Waals surface area contributed by atoms with E-state index in [1.807, 2.05) is 0 Å². The Bertz CT molecular complexity index is 396. The van der Waals surface area contributed by atoms with Crippen molar-refractivity contribution in [1.29, 1.82) is 0 Å². The fourth-order valence-corrected chi connectivity index (χ4v) is 3.03. The summed E-state index contributed by atoms with van der Waals surface area (Å²) in [6.45, 7) is 9.77. The molecule has 1 fully saturated rings. The van der Waals surface area contributed by atoms with Crippen LogP contribution in [0.2, 0.25) is 0 Å². The van der Waals surface area contributed by atoms with Crippen molar-refractivity contribution in [3.8, 4) is 0 Å². The van der Waals surface area contributed by atoms with E-state index in [-0.39, 0.29) is 6.10 Å². The van der Waals surface area contributed by atoms with Crippen molar-refractivity contribution < 1.29 is 5.11 Å². The van der Waals surface area contributed by atoms with Crippen LogP contribution in [0.4, 0.5) is 0 Å². The van der Waals surface area contributed by atoms with Gasteiger partial charge in [0, 0.05) is 13.1 Å². The van der Waals surface area contributed by atoms with Gasteiger partial charge >= 0.3 is 0 Å².